The third-order valence-electron chi connectivity index (χ3n) is 3.77. The zero-order valence-electron chi connectivity index (χ0n) is 16.2. The summed E-state index contributed by atoms with van der Waals surface area (Å²) < 4.78 is 10.4. The summed E-state index contributed by atoms with van der Waals surface area (Å²) in [5.74, 6) is -0.824. The fourth-order valence-electron chi connectivity index (χ4n) is 2.53. The normalized spacial score (nSPS) is 30.8. The first-order valence-electron chi connectivity index (χ1n) is 8.73. The van der Waals surface area contributed by atoms with Gasteiger partial charge in [0.1, 0.15) is 24.4 Å². The maximum absolute atomic E-state index is 11.8. The van der Waals surface area contributed by atoms with Crippen LogP contribution >= 0.6 is 0 Å². The monoisotopic (exact) mass is 367 g/mol. The highest BCUT2D eigenvalue weighted by molar-refractivity contribution is 5.81. The number of aliphatic hydroxyl groups excluding tert-OH is 3. The average molecular weight is 367 g/mol. The first-order valence-corrected chi connectivity index (χ1v) is 8.73. The van der Waals surface area contributed by atoms with Gasteiger partial charge in [0.05, 0.1) is 6.04 Å². The second-order valence-corrected chi connectivity index (χ2v) is 5.15. The van der Waals surface area contributed by atoms with Crippen molar-refractivity contribution in [2.24, 2.45) is 11.5 Å². The number of nitrogens with two attached hydrogens (primary N) is 2. The standard InChI is InChI=1S/C12H25N3O6.2C2H6/c1-20-10-5(14)3-6(8(17)11(10)21-2)15-12(19)9(18)7(16)4-13;2*1-2/h5-11,16-18H,3-4,13-14H2,1-2H3,(H,15,19);2*1-2H3/t5-,6+,7?,8?,9?,10+,11+;;/m0../s1. The van der Waals surface area contributed by atoms with Crippen LogP contribution in [0.4, 0.5) is 0 Å². The molecule has 0 aromatic heterocycles. The van der Waals surface area contributed by atoms with Crippen LogP contribution in [0.25, 0.3) is 0 Å². The van der Waals surface area contributed by atoms with Crippen molar-refractivity contribution in [3.05, 3.63) is 0 Å². The lowest BCUT2D eigenvalue weighted by Gasteiger charge is -2.42. The Morgan fingerprint density at radius 3 is 2.04 bits per heavy atom. The van der Waals surface area contributed by atoms with Crippen molar-refractivity contribution in [3.63, 3.8) is 0 Å². The number of amides is 1. The zero-order chi connectivity index (χ0) is 20.2. The molecule has 0 aliphatic heterocycles. The van der Waals surface area contributed by atoms with Crippen molar-refractivity contribution in [1.29, 1.82) is 0 Å². The summed E-state index contributed by atoms with van der Waals surface area (Å²) in [4.78, 5) is 11.8. The van der Waals surface area contributed by atoms with Gasteiger partial charge in [-0.25, -0.2) is 0 Å². The molecule has 7 atom stereocenters. The maximum Gasteiger partial charge on any atom is 0.251 e. The highest BCUT2D eigenvalue weighted by Gasteiger charge is 2.44. The lowest BCUT2D eigenvalue weighted by Crippen LogP contribution is -2.65. The Hall–Kier alpha value is -0.810. The Morgan fingerprint density at radius 2 is 1.64 bits per heavy atom. The van der Waals surface area contributed by atoms with Gasteiger partial charge in [-0.05, 0) is 6.42 Å². The molecule has 9 heteroatoms. The second-order valence-electron chi connectivity index (χ2n) is 5.15. The molecule has 0 spiro atoms. The van der Waals surface area contributed by atoms with Gasteiger partial charge in [0, 0.05) is 26.8 Å². The number of rotatable bonds is 6. The van der Waals surface area contributed by atoms with Gasteiger partial charge < -0.3 is 41.6 Å². The molecule has 0 radical (unpaired) electrons. The molecular formula is C16H37N3O6. The van der Waals surface area contributed by atoms with Gasteiger partial charge in [-0.1, -0.05) is 27.7 Å². The minimum Gasteiger partial charge on any atom is -0.389 e. The number of methoxy groups -OCH3 is 2. The average Bonchev–Trinajstić information content (AvgIpc) is 2.65. The van der Waals surface area contributed by atoms with Gasteiger partial charge in [0.2, 0.25) is 0 Å². The third kappa shape index (κ3) is 7.53. The molecule has 3 unspecified atom stereocenters. The Kier molecular flexibility index (Phi) is 15.2. The van der Waals surface area contributed by atoms with Crippen molar-refractivity contribution in [3.8, 4) is 0 Å². The number of nitrogens with one attached hydrogen (secondary N) is 1. The van der Waals surface area contributed by atoms with Gasteiger partial charge in [-0.15, -0.1) is 0 Å². The van der Waals surface area contributed by atoms with Crippen molar-refractivity contribution >= 4 is 5.91 Å². The predicted octanol–water partition coefficient (Wildman–Crippen LogP) is -1.67. The van der Waals surface area contributed by atoms with Crippen molar-refractivity contribution in [1.82, 2.24) is 5.32 Å². The molecule has 1 rings (SSSR count). The number of hydrogen-bond acceptors (Lipinski definition) is 8. The lowest BCUT2D eigenvalue weighted by atomic mass is 9.84. The Morgan fingerprint density at radius 1 is 1.16 bits per heavy atom. The Bertz CT molecular complexity index is 348. The summed E-state index contributed by atoms with van der Waals surface area (Å²) in [5, 5.41) is 31.6. The molecular weight excluding hydrogens is 330 g/mol. The fraction of sp³-hybridized carbons (Fsp3) is 0.938. The molecule has 25 heavy (non-hydrogen) atoms. The van der Waals surface area contributed by atoms with E-state index in [0.717, 1.165) is 0 Å². The van der Waals surface area contributed by atoms with E-state index >= 15 is 0 Å². The highest BCUT2D eigenvalue weighted by atomic mass is 16.5. The van der Waals surface area contributed by atoms with Crippen LogP contribution in [0.3, 0.4) is 0 Å². The van der Waals surface area contributed by atoms with E-state index in [-0.39, 0.29) is 13.0 Å². The molecule has 152 valence electrons. The molecule has 0 aromatic rings. The summed E-state index contributed by atoms with van der Waals surface area (Å²) in [7, 11) is 2.87. The molecule has 1 amide bonds. The molecule has 1 aliphatic carbocycles. The van der Waals surface area contributed by atoms with E-state index in [4.69, 9.17) is 20.9 Å². The first-order chi connectivity index (χ1) is 11.9. The molecule has 8 N–H and O–H groups in total. The van der Waals surface area contributed by atoms with Crippen LogP contribution in [0.2, 0.25) is 0 Å². The van der Waals surface area contributed by atoms with Gasteiger partial charge in [0.25, 0.3) is 5.91 Å². The van der Waals surface area contributed by atoms with Crippen LogP contribution in [-0.4, -0.2) is 84.6 Å². The maximum atomic E-state index is 11.8. The molecule has 0 bridgehead atoms. The minimum absolute atomic E-state index is 0.247. The van der Waals surface area contributed by atoms with Crippen molar-refractivity contribution in [2.75, 3.05) is 20.8 Å². The van der Waals surface area contributed by atoms with Gasteiger partial charge in [0.15, 0.2) is 6.10 Å². The van der Waals surface area contributed by atoms with E-state index in [1.54, 1.807) is 0 Å². The Labute approximate surface area is 150 Å². The van der Waals surface area contributed by atoms with E-state index in [0.29, 0.717) is 0 Å². The summed E-state index contributed by atoms with van der Waals surface area (Å²) in [6.45, 7) is 7.74. The zero-order valence-corrected chi connectivity index (χ0v) is 16.2. The molecule has 1 aliphatic rings. The van der Waals surface area contributed by atoms with Crippen molar-refractivity contribution in [2.45, 2.75) is 76.7 Å². The van der Waals surface area contributed by atoms with Crippen LogP contribution in [0.1, 0.15) is 34.1 Å². The molecule has 0 heterocycles. The largest absolute Gasteiger partial charge is 0.389 e. The van der Waals surface area contributed by atoms with E-state index in [1.807, 2.05) is 27.7 Å². The van der Waals surface area contributed by atoms with Gasteiger partial charge >= 0.3 is 0 Å². The summed E-state index contributed by atoms with van der Waals surface area (Å²) in [5.41, 5.74) is 11.1. The smallest absolute Gasteiger partial charge is 0.251 e. The van der Waals surface area contributed by atoms with E-state index in [2.05, 4.69) is 5.32 Å². The highest BCUT2D eigenvalue weighted by Crippen LogP contribution is 2.23. The van der Waals surface area contributed by atoms with Crippen LogP contribution in [-0.2, 0) is 14.3 Å². The molecule has 0 saturated heterocycles. The van der Waals surface area contributed by atoms with Crippen LogP contribution in [0.15, 0.2) is 0 Å². The van der Waals surface area contributed by atoms with Crippen molar-refractivity contribution < 1.29 is 29.6 Å². The van der Waals surface area contributed by atoms with E-state index < -0.39 is 48.5 Å². The van der Waals surface area contributed by atoms with Gasteiger partial charge in [-0.2, -0.15) is 0 Å². The quantitative estimate of drug-likeness (QED) is 0.325. The van der Waals surface area contributed by atoms with Crippen LogP contribution in [0, 0.1) is 0 Å². The summed E-state index contributed by atoms with van der Waals surface area (Å²) >= 11 is 0. The minimum atomic E-state index is -1.67. The number of ether oxygens (including phenoxy) is 2. The number of hydrogen-bond donors (Lipinski definition) is 6. The number of carbonyl (C=O) groups is 1. The predicted molar refractivity (Wildman–Crippen MR) is 95.9 cm³/mol. The topological polar surface area (TPSA) is 160 Å². The molecule has 1 fully saturated rings. The number of carbonyl (C=O) groups excluding carboxylic acids is 1. The van der Waals surface area contributed by atoms with E-state index in [1.165, 1.54) is 14.2 Å². The third-order valence-corrected chi connectivity index (χ3v) is 3.77. The fourth-order valence-corrected chi connectivity index (χ4v) is 2.53. The Balaban J connectivity index is 0. The summed E-state index contributed by atoms with van der Waals surface area (Å²) in [6.07, 6.45) is -5.05. The second kappa shape index (κ2) is 14.4. The van der Waals surface area contributed by atoms with Crippen LogP contribution in [0.5, 0.6) is 0 Å². The SMILES string of the molecule is CC.CC.CO[C@H]1[C@H](OC)C(O)[C@H](NC(=O)C(O)C(O)CN)C[C@@H]1N. The molecule has 0 aromatic carbocycles. The lowest BCUT2D eigenvalue weighted by molar-refractivity contribution is -0.148. The first kappa shape index (κ1) is 26.4. The summed E-state index contributed by atoms with van der Waals surface area (Å²) in [6, 6.07) is -1.17. The number of aliphatic hydroxyl groups is 3. The molecule has 9 nitrogen and oxygen atoms in total. The molecule has 1 saturated carbocycles. The van der Waals surface area contributed by atoms with Gasteiger partial charge in [-0.3, -0.25) is 4.79 Å². The van der Waals surface area contributed by atoms with Crippen LogP contribution < -0.4 is 16.8 Å². The van der Waals surface area contributed by atoms with E-state index in [9.17, 15) is 20.1 Å².